The number of nitrogens with one attached hydrogen (secondary N) is 1. The van der Waals surface area contributed by atoms with Crippen LogP contribution in [0.25, 0.3) is 0 Å². The molecule has 0 bridgehead atoms. The summed E-state index contributed by atoms with van der Waals surface area (Å²) in [6, 6.07) is 5.50. The molecule has 1 aromatic carbocycles. The van der Waals surface area contributed by atoms with E-state index in [1.807, 2.05) is 19.1 Å². The molecule has 0 aromatic heterocycles. The highest BCUT2D eigenvalue weighted by molar-refractivity contribution is 5.83. The van der Waals surface area contributed by atoms with Gasteiger partial charge in [-0.05, 0) is 12.5 Å². The topological polar surface area (TPSA) is 75.6 Å². The average Bonchev–Trinajstić information content (AvgIpc) is 2.27. The number of hydrogen-bond acceptors (Lipinski definition) is 3. The van der Waals surface area contributed by atoms with Gasteiger partial charge in [-0.2, -0.15) is 0 Å². The molecule has 1 aromatic rings. The molecule has 0 aliphatic carbocycles. The molecule has 0 fully saturated rings. The third kappa shape index (κ3) is 3.79. The van der Waals surface area contributed by atoms with Crippen LogP contribution in [0.2, 0.25) is 0 Å². The zero-order valence-electron chi connectivity index (χ0n) is 9.82. The number of hydrogen-bond donors (Lipinski definition) is 2. The van der Waals surface area contributed by atoms with Crippen molar-refractivity contribution in [1.82, 2.24) is 5.32 Å². The van der Waals surface area contributed by atoms with Crippen LogP contribution in [0, 0.1) is 6.92 Å². The number of aliphatic carboxylic acids is 1. The lowest BCUT2D eigenvalue weighted by molar-refractivity contribution is -0.137. The summed E-state index contributed by atoms with van der Waals surface area (Å²) in [6.45, 7) is 1.52. The first kappa shape index (κ1) is 13.0. The minimum absolute atomic E-state index is 0.109. The van der Waals surface area contributed by atoms with Gasteiger partial charge < -0.3 is 15.2 Å². The second-order valence-corrected chi connectivity index (χ2v) is 3.61. The molecular formula is C12H15NO4. The number of amides is 1. The van der Waals surface area contributed by atoms with E-state index in [0.717, 1.165) is 11.1 Å². The van der Waals surface area contributed by atoms with Crippen molar-refractivity contribution in [1.29, 1.82) is 0 Å². The number of aryl methyl sites for hydroxylation is 1. The van der Waals surface area contributed by atoms with Gasteiger partial charge in [0.2, 0.25) is 5.91 Å². The summed E-state index contributed by atoms with van der Waals surface area (Å²) in [5, 5.41) is 10.7. The summed E-state index contributed by atoms with van der Waals surface area (Å²) in [5.41, 5.74) is 1.69. The summed E-state index contributed by atoms with van der Waals surface area (Å²) in [4.78, 5) is 21.8. The van der Waals surface area contributed by atoms with Gasteiger partial charge in [0.15, 0.2) is 0 Å². The van der Waals surface area contributed by atoms with Crippen LogP contribution in [0.4, 0.5) is 0 Å². The highest BCUT2D eigenvalue weighted by Gasteiger charge is 2.10. The number of ether oxygens (including phenoxy) is 1. The van der Waals surface area contributed by atoms with E-state index in [1.165, 1.54) is 0 Å². The van der Waals surface area contributed by atoms with E-state index in [4.69, 9.17) is 9.84 Å². The largest absolute Gasteiger partial charge is 0.496 e. The average molecular weight is 237 g/mol. The van der Waals surface area contributed by atoms with Crippen molar-refractivity contribution >= 4 is 11.9 Å². The van der Waals surface area contributed by atoms with Gasteiger partial charge in [0.1, 0.15) is 12.3 Å². The number of methoxy groups -OCH3 is 1. The highest BCUT2D eigenvalue weighted by Crippen LogP contribution is 2.23. The smallest absolute Gasteiger partial charge is 0.322 e. The number of carboxylic acid groups (broad SMARTS) is 1. The number of rotatable bonds is 5. The van der Waals surface area contributed by atoms with Crippen molar-refractivity contribution < 1.29 is 19.4 Å². The fraction of sp³-hybridized carbons (Fsp3) is 0.333. The van der Waals surface area contributed by atoms with Crippen molar-refractivity contribution in [3.05, 3.63) is 29.3 Å². The number of carbonyl (C=O) groups is 2. The predicted molar refractivity (Wildman–Crippen MR) is 62.1 cm³/mol. The van der Waals surface area contributed by atoms with E-state index in [1.54, 1.807) is 13.2 Å². The lowest BCUT2D eigenvalue weighted by Crippen LogP contribution is -2.30. The fourth-order valence-corrected chi connectivity index (χ4v) is 1.55. The Morgan fingerprint density at radius 3 is 2.71 bits per heavy atom. The van der Waals surface area contributed by atoms with Crippen LogP contribution in [-0.2, 0) is 16.0 Å². The highest BCUT2D eigenvalue weighted by atomic mass is 16.5. The molecule has 5 heteroatoms. The minimum Gasteiger partial charge on any atom is -0.496 e. The van der Waals surface area contributed by atoms with Gasteiger partial charge in [-0.15, -0.1) is 0 Å². The molecular weight excluding hydrogens is 222 g/mol. The maximum Gasteiger partial charge on any atom is 0.322 e. The molecule has 0 aliphatic rings. The first-order valence-electron chi connectivity index (χ1n) is 5.15. The van der Waals surface area contributed by atoms with Gasteiger partial charge in [0.25, 0.3) is 0 Å². The molecule has 5 nitrogen and oxygen atoms in total. The van der Waals surface area contributed by atoms with Gasteiger partial charge in [0, 0.05) is 5.56 Å². The summed E-state index contributed by atoms with van der Waals surface area (Å²) in [6.07, 6.45) is 0.109. The van der Waals surface area contributed by atoms with Crippen LogP contribution >= 0.6 is 0 Å². The SMILES string of the molecule is COc1c(C)cccc1CC(=O)NCC(=O)O. The summed E-state index contributed by atoms with van der Waals surface area (Å²) in [5.74, 6) is -0.733. The van der Waals surface area contributed by atoms with Crippen LogP contribution in [0.3, 0.4) is 0 Å². The maximum absolute atomic E-state index is 11.5. The zero-order chi connectivity index (χ0) is 12.8. The lowest BCUT2D eigenvalue weighted by atomic mass is 10.1. The quantitative estimate of drug-likeness (QED) is 0.792. The molecule has 92 valence electrons. The van der Waals surface area contributed by atoms with Crippen LogP contribution in [0.5, 0.6) is 5.75 Å². The normalized spacial score (nSPS) is 9.76. The van der Waals surface area contributed by atoms with Crippen LogP contribution in [0.1, 0.15) is 11.1 Å². The number of benzene rings is 1. The Morgan fingerprint density at radius 1 is 1.41 bits per heavy atom. The maximum atomic E-state index is 11.5. The minimum atomic E-state index is -1.06. The van der Waals surface area contributed by atoms with Crippen LogP contribution in [-0.4, -0.2) is 30.6 Å². The molecule has 0 radical (unpaired) electrons. The Bertz CT molecular complexity index is 429. The molecule has 0 unspecified atom stereocenters. The molecule has 0 spiro atoms. The second kappa shape index (κ2) is 5.89. The lowest BCUT2D eigenvalue weighted by Gasteiger charge is -2.10. The first-order valence-corrected chi connectivity index (χ1v) is 5.15. The zero-order valence-corrected chi connectivity index (χ0v) is 9.82. The Balaban J connectivity index is 2.71. The van der Waals surface area contributed by atoms with Gasteiger partial charge in [-0.25, -0.2) is 0 Å². The van der Waals surface area contributed by atoms with E-state index in [0.29, 0.717) is 5.75 Å². The monoisotopic (exact) mass is 237 g/mol. The van der Waals surface area contributed by atoms with Crippen LogP contribution in [0.15, 0.2) is 18.2 Å². The standard InChI is InChI=1S/C12H15NO4/c1-8-4-3-5-9(12(8)17-2)6-10(14)13-7-11(15)16/h3-5H,6-7H2,1-2H3,(H,13,14)(H,15,16). The van der Waals surface area contributed by atoms with Crippen molar-refractivity contribution in [2.24, 2.45) is 0 Å². The van der Waals surface area contributed by atoms with E-state index in [9.17, 15) is 9.59 Å². The number of carboxylic acids is 1. The van der Waals surface area contributed by atoms with E-state index in [2.05, 4.69) is 5.32 Å². The molecule has 0 atom stereocenters. The fourth-order valence-electron chi connectivity index (χ4n) is 1.55. The molecule has 17 heavy (non-hydrogen) atoms. The third-order valence-corrected chi connectivity index (χ3v) is 2.29. The Morgan fingerprint density at radius 2 is 2.12 bits per heavy atom. The second-order valence-electron chi connectivity index (χ2n) is 3.61. The summed E-state index contributed by atoms with van der Waals surface area (Å²) < 4.78 is 5.21. The van der Waals surface area contributed by atoms with E-state index >= 15 is 0 Å². The van der Waals surface area contributed by atoms with E-state index in [-0.39, 0.29) is 18.9 Å². The molecule has 2 N–H and O–H groups in total. The Labute approximate surface area is 99.4 Å². The molecule has 1 rings (SSSR count). The number of para-hydroxylation sites is 1. The van der Waals surface area contributed by atoms with Crippen molar-refractivity contribution in [3.63, 3.8) is 0 Å². The molecule has 0 saturated carbocycles. The van der Waals surface area contributed by atoms with Gasteiger partial charge in [-0.1, -0.05) is 18.2 Å². The summed E-state index contributed by atoms with van der Waals surface area (Å²) >= 11 is 0. The Hall–Kier alpha value is -2.04. The third-order valence-electron chi connectivity index (χ3n) is 2.29. The van der Waals surface area contributed by atoms with Crippen LogP contribution < -0.4 is 10.1 Å². The molecule has 0 heterocycles. The van der Waals surface area contributed by atoms with Crippen molar-refractivity contribution in [2.45, 2.75) is 13.3 Å². The summed E-state index contributed by atoms with van der Waals surface area (Å²) in [7, 11) is 1.54. The van der Waals surface area contributed by atoms with Crippen molar-refractivity contribution in [3.8, 4) is 5.75 Å². The molecule has 1 amide bonds. The Kier molecular flexibility index (Phi) is 4.51. The van der Waals surface area contributed by atoms with Crippen molar-refractivity contribution in [2.75, 3.05) is 13.7 Å². The van der Waals surface area contributed by atoms with E-state index < -0.39 is 5.97 Å². The first-order chi connectivity index (χ1) is 8.04. The number of carbonyl (C=O) groups excluding carboxylic acids is 1. The van der Waals surface area contributed by atoms with Gasteiger partial charge in [0.05, 0.1) is 13.5 Å². The molecule has 0 saturated heterocycles. The predicted octanol–water partition coefficient (Wildman–Crippen LogP) is 0.747. The molecule has 0 aliphatic heterocycles. The van der Waals surface area contributed by atoms with Gasteiger partial charge >= 0.3 is 5.97 Å². The van der Waals surface area contributed by atoms with Gasteiger partial charge in [-0.3, -0.25) is 9.59 Å².